The van der Waals surface area contributed by atoms with Gasteiger partial charge in [-0.2, -0.15) is 0 Å². The first-order valence-corrected chi connectivity index (χ1v) is 4.21. The molecular weight excluding hydrogens is 225 g/mol. The van der Waals surface area contributed by atoms with Gasteiger partial charge >= 0.3 is 0 Å². The number of hydrogen-bond acceptors (Lipinski definition) is 0. The summed E-state index contributed by atoms with van der Waals surface area (Å²) in [5.41, 5.74) is 0. The second-order valence-corrected chi connectivity index (χ2v) is 5.20. The van der Waals surface area contributed by atoms with Gasteiger partial charge in [0.05, 0.1) is 0 Å². The quantitative estimate of drug-likeness (QED) is 0.601. The predicted octanol–water partition coefficient (Wildman–Crippen LogP) is 3.80. The monoisotopic (exact) mass is 228 g/mol. The Bertz CT molecular complexity index is 83.4. The van der Waals surface area contributed by atoms with Gasteiger partial charge in [0.15, 0.2) is 3.79 Å². The molecule has 0 aromatic heterocycles. The molecule has 0 nitrogen and oxygen atoms in total. The first kappa shape index (κ1) is 10.4. The van der Waals surface area contributed by atoms with E-state index in [0.717, 1.165) is 0 Å². The summed E-state index contributed by atoms with van der Waals surface area (Å²) in [6.07, 6.45) is 0. The van der Waals surface area contributed by atoms with Crippen molar-refractivity contribution in [3.05, 3.63) is 0 Å². The zero-order valence-corrected chi connectivity index (χ0v) is 8.32. The third kappa shape index (κ3) is 4.00. The lowest BCUT2D eigenvalue weighted by atomic mass is 10.2. The summed E-state index contributed by atoms with van der Waals surface area (Å²) in [7, 11) is 0. The van der Waals surface area contributed by atoms with Crippen LogP contribution in [0, 0.1) is 5.92 Å². The van der Waals surface area contributed by atoms with Crippen molar-refractivity contribution < 1.29 is 0 Å². The Morgan fingerprint density at radius 2 is 1.44 bits per heavy atom. The fraction of sp³-hybridized carbons (Fsp3) is 1.00. The van der Waals surface area contributed by atoms with Gasteiger partial charge in [-0.3, -0.25) is 0 Å². The van der Waals surface area contributed by atoms with E-state index in [1.165, 1.54) is 0 Å². The van der Waals surface area contributed by atoms with E-state index < -0.39 is 8.63 Å². The van der Waals surface area contributed by atoms with Gasteiger partial charge in [0.25, 0.3) is 0 Å². The van der Waals surface area contributed by atoms with E-state index >= 15 is 0 Å². The average Bonchev–Trinajstić information content (AvgIpc) is 1.62. The smallest absolute Gasteiger partial charge is 0.105 e. The SMILES string of the molecule is CC(C(Cl)Cl)C(Cl)(Cl)Cl. The molecule has 0 amide bonds. The fourth-order valence-corrected chi connectivity index (χ4v) is 1.29. The van der Waals surface area contributed by atoms with Crippen LogP contribution in [0.3, 0.4) is 0 Å². The molecule has 0 heterocycles. The number of alkyl halides is 5. The minimum absolute atomic E-state index is 0.356. The van der Waals surface area contributed by atoms with Gasteiger partial charge in [0.1, 0.15) is 4.84 Å². The molecule has 0 aromatic carbocycles. The lowest BCUT2D eigenvalue weighted by Gasteiger charge is -2.20. The highest BCUT2D eigenvalue weighted by Crippen LogP contribution is 2.39. The second-order valence-electron chi connectivity index (χ2n) is 1.66. The van der Waals surface area contributed by atoms with Gasteiger partial charge in [-0.25, -0.2) is 0 Å². The van der Waals surface area contributed by atoms with Gasteiger partial charge in [-0.15, -0.1) is 23.2 Å². The predicted molar refractivity (Wildman–Crippen MR) is 44.9 cm³/mol. The second kappa shape index (κ2) is 3.73. The fourth-order valence-electron chi connectivity index (χ4n) is 0.143. The van der Waals surface area contributed by atoms with E-state index in [1.807, 2.05) is 0 Å². The molecule has 0 saturated carbocycles. The van der Waals surface area contributed by atoms with Gasteiger partial charge in [0, 0.05) is 5.92 Å². The highest BCUT2D eigenvalue weighted by Gasteiger charge is 2.32. The van der Waals surface area contributed by atoms with Crippen molar-refractivity contribution in [1.82, 2.24) is 0 Å². The number of hydrogen-bond donors (Lipinski definition) is 0. The van der Waals surface area contributed by atoms with E-state index in [4.69, 9.17) is 58.0 Å². The Morgan fingerprint density at radius 3 is 1.44 bits per heavy atom. The van der Waals surface area contributed by atoms with Crippen LogP contribution in [0.15, 0.2) is 0 Å². The molecule has 0 spiro atoms. The van der Waals surface area contributed by atoms with Crippen LogP contribution in [0.2, 0.25) is 0 Å². The van der Waals surface area contributed by atoms with Crippen LogP contribution in [-0.2, 0) is 0 Å². The Hall–Kier alpha value is 1.45. The minimum atomic E-state index is -1.37. The molecule has 0 aliphatic heterocycles. The zero-order chi connectivity index (χ0) is 7.65. The van der Waals surface area contributed by atoms with Crippen LogP contribution in [0.5, 0.6) is 0 Å². The van der Waals surface area contributed by atoms with Crippen LogP contribution < -0.4 is 0 Å². The van der Waals surface area contributed by atoms with Crippen molar-refractivity contribution in [2.75, 3.05) is 0 Å². The first-order valence-electron chi connectivity index (χ1n) is 2.20. The molecule has 0 rings (SSSR count). The molecule has 0 radical (unpaired) electrons. The van der Waals surface area contributed by atoms with Crippen molar-refractivity contribution >= 4 is 58.0 Å². The maximum absolute atomic E-state index is 5.44. The summed E-state index contributed by atoms with van der Waals surface area (Å²) >= 11 is 27.2. The van der Waals surface area contributed by atoms with E-state index in [2.05, 4.69) is 0 Å². The molecule has 9 heavy (non-hydrogen) atoms. The van der Waals surface area contributed by atoms with Gasteiger partial charge < -0.3 is 0 Å². The van der Waals surface area contributed by atoms with Gasteiger partial charge in [-0.05, 0) is 0 Å². The van der Waals surface area contributed by atoms with Crippen molar-refractivity contribution in [2.24, 2.45) is 5.92 Å². The number of halogens is 5. The summed E-state index contributed by atoms with van der Waals surface area (Å²) in [4.78, 5) is -0.641. The number of rotatable bonds is 1. The van der Waals surface area contributed by atoms with E-state index in [9.17, 15) is 0 Å². The van der Waals surface area contributed by atoms with Crippen molar-refractivity contribution in [3.8, 4) is 0 Å². The maximum atomic E-state index is 5.44. The zero-order valence-electron chi connectivity index (χ0n) is 4.54. The Kier molecular flexibility index (Phi) is 4.33. The molecule has 0 aliphatic carbocycles. The third-order valence-corrected chi connectivity index (χ3v) is 2.68. The van der Waals surface area contributed by atoms with Gasteiger partial charge in [-0.1, -0.05) is 41.7 Å². The van der Waals surface area contributed by atoms with E-state index in [0.29, 0.717) is 0 Å². The van der Waals surface area contributed by atoms with Crippen LogP contribution in [0.1, 0.15) is 6.92 Å². The van der Waals surface area contributed by atoms with Crippen LogP contribution >= 0.6 is 58.0 Å². The molecule has 0 N–H and O–H groups in total. The largest absolute Gasteiger partial charge is 0.195 e. The maximum Gasteiger partial charge on any atom is 0.195 e. The lowest BCUT2D eigenvalue weighted by Crippen LogP contribution is -2.21. The Labute approximate surface area is 79.4 Å². The third-order valence-electron chi connectivity index (χ3n) is 0.894. The van der Waals surface area contributed by atoms with Crippen molar-refractivity contribution in [3.63, 3.8) is 0 Å². The lowest BCUT2D eigenvalue weighted by molar-refractivity contribution is 0.646. The Balaban J connectivity index is 3.88. The molecule has 5 heteroatoms. The molecular formula is C4H5Cl5. The summed E-state index contributed by atoms with van der Waals surface area (Å²) in [5.74, 6) is -0.356. The van der Waals surface area contributed by atoms with Gasteiger partial charge in [0.2, 0.25) is 0 Å². The highest BCUT2D eigenvalue weighted by atomic mass is 35.6. The van der Waals surface area contributed by atoms with Crippen LogP contribution in [0.25, 0.3) is 0 Å². The molecule has 1 unspecified atom stereocenters. The van der Waals surface area contributed by atoms with E-state index in [-0.39, 0.29) is 5.92 Å². The topological polar surface area (TPSA) is 0 Å². The highest BCUT2D eigenvalue weighted by molar-refractivity contribution is 6.68. The summed E-state index contributed by atoms with van der Waals surface area (Å²) in [6, 6.07) is 0. The molecule has 0 saturated heterocycles. The van der Waals surface area contributed by atoms with Crippen molar-refractivity contribution in [1.29, 1.82) is 0 Å². The average molecular weight is 230 g/mol. The van der Waals surface area contributed by atoms with Crippen LogP contribution in [0.4, 0.5) is 0 Å². The molecule has 1 atom stereocenters. The summed E-state index contributed by atoms with van der Waals surface area (Å²) < 4.78 is -1.37. The molecule has 0 bridgehead atoms. The standard InChI is InChI=1S/C4H5Cl5/c1-2(3(5)6)4(7,8)9/h2-3H,1H3. The normalized spacial score (nSPS) is 16.3. The minimum Gasteiger partial charge on any atom is -0.105 e. The molecule has 0 aromatic rings. The van der Waals surface area contributed by atoms with Crippen LogP contribution in [-0.4, -0.2) is 8.63 Å². The summed E-state index contributed by atoms with van der Waals surface area (Å²) in [6.45, 7) is 1.66. The molecule has 0 fully saturated rings. The van der Waals surface area contributed by atoms with Crippen molar-refractivity contribution in [2.45, 2.75) is 15.6 Å². The first-order chi connectivity index (χ1) is 3.85. The molecule has 0 aliphatic rings. The van der Waals surface area contributed by atoms with E-state index in [1.54, 1.807) is 6.92 Å². The summed E-state index contributed by atoms with van der Waals surface area (Å²) in [5, 5.41) is 0. The Morgan fingerprint density at radius 1 is 1.11 bits per heavy atom. The molecule has 56 valence electrons.